The average Bonchev–Trinajstić information content (AvgIpc) is 2.83. The summed E-state index contributed by atoms with van der Waals surface area (Å²) in [5, 5.41) is 3.61. The molecular weight excluding hydrogens is 309 g/mol. The Hall–Kier alpha value is -2.02. The summed E-state index contributed by atoms with van der Waals surface area (Å²) in [6.45, 7) is 0. The van der Waals surface area contributed by atoms with Gasteiger partial charge in [0.2, 0.25) is 0 Å². The first kappa shape index (κ1) is 15.4. The molecule has 1 aromatic carbocycles. The molecule has 0 radical (unpaired) electrons. The smallest absolute Gasteiger partial charge is 0.417 e. The highest BCUT2D eigenvalue weighted by Crippen LogP contribution is 2.39. The molecule has 0 N–H and O–H groups in total. The van der Waals surface area contributed by atoms with Gasteiger partial charge < -0.3 is 4.74 Å². The number of esters is 1. The molecule has 21 heavy (non-hydrogen) atoms. The Balaban J connectivity index is 2.72. The van der Waals surface area contributed by atoms with Crippen LogP contribution in [0, 0.1) is 0 Å². The van der Waals surface area contributed by atoms with Gasteiger partial charge in [0.25, 0.3) is 0 Å². The third-order valence-electron chi connectivity index (χ3n) is 2.81. The number of hydrogen-bond acceptors (Lipinski definition) is 3. The fourth-order valence-corrected chi connectivity index (χ4v) is 2.09. The highest BCUT2D eigenvalue weighted by Gasteiger charge is 2.35. The molecule has 0 aliphatic rings. The van der Waals surface area contributed by atoms with Crippen LogP contribution in [-0.2, 0) is 18.0 Å². The third kappa shape index (κ3) is 3.02. The summed E-state index contributed by atoms with van der Waals surface area (Å²) in [7, 11) is 2.70. The summed E-state index contributed by atoms with van der Waals surface area (Å²) in [6, 6.07) is 3.16. The van der Waals surface area contributed by atoms with Crippen LogP contribution in [0.15, 0.2) is 24.4 Å². The molecule has 112 valence electrons. The number of aryl methyl sites for hydroxylation is 1. The average molecular weight is 319 g/mol. The summed E-state index contributed by atoms with van der Waals surface area (Å²) >= 11 is 5.75. The predicted octanol–water partition coefficient (Wildman–Crippen LogP) is 3.55. The van der Waals surface area contributed by atoms with Gasteiger partial charge in [-0.1, -0.05) is 11.6 Å². The molecule has 0 spiro atoms. The van der Waals surface area contributed by atoms with Crippen molar-refractivity contribution >= 4 is 17.6 Å². The number of hydrogen-bond donors (Lipinski definition) is 0. The molecule has 0 unspecified atom stereocenters. The SMILES string of the molecule is COC(=O)c1cc(-c2ccn(C)n2)c(C(F)(F)F)cc1Cl. The minimum Gasteiger partial charge on any atom is -0.465 e. The number of carbonyl (C=O) groups is 1. The first-order chi connectivity index (χ1) is 9.74. The van der Waals surface area contributed by atoms with Gasteiger partial charge in [0, 0.05) is 18.8 Å². The molecule has 2 aromatic rings. The van der Waals surface area contributed by atoms with E-state index in [1.54, 1.807) is 7.05 Å². The molecule has 0 saturated heterocycles. The van der Waals surface area contributed by atoms with E-state index < -0.39 is 17.7 Å². The van der Waals surface area contributed by atoms with E-state index in [0.717, 1.165) is 13.2 Å². The van der Waals surface area contributed by atoms with Crippen molar-refractivity contribution in [2.45, 2.75) is 6.18 Å². The maximum Gasteiger partial charge on any atom is 0.417 e. The van der Waals surface area contributed by atoms with Gasteiger partial charge in [-0.05, 0) is 18.2 Å². The zero-order valence-electron chi connectivity index (χ0n) is 11.0. The van der Waals surface area contributed by atoms with Crippen molar-refractivity contribution in [1.29, 1.82) is 0 Å². The lowest BCUT2D eigenvalue weighted by molar-refractivity contribution is -0.137. The van der Waals surface area contributed by atoms with Crippen LogP contribution in [0.2, 0.25) is 5.02 Å². The van der Waals surface area contributed by atoms with Crippen LogP contribution in [0.5, 0.6) is 0 Å². The van der Waals surface area contributed by atoms with Crippen LogP contribution in [0.3, 0.4) is 0 Å². The number of halogens is 4. The molecule has 0 bridgehead atoms. The number of nitrogens with zero attached hydrogens (tertiary/aromatic N) is 2. The lowest BCUT2D eigenvalue weighted by Gasteiger charge is -2.14. The Kier molecular flexibility index (Phi) is 3.95. The Labute approximate surface area is 123 Å². The second-order valence-corrected chi connectivity index (χ2v) is 4.65. The number of carbonyl (C=O) groups excluding carboxylic acids is 1. The third-order valence-corrected chi connectivity index (χ3v) is 3.12. The second-order valence-electron chi connectivity index (χ2n) is 4.24. The second kappa shape index (κ2) is 5.40. The lowest BCUT2D eigenvalue weighted by atomic mass is 10.0. The number of aromatic nitrogens is 2. The van der Waals surface area contributed by atoms with Crippen LogP contribution in [0.4, 0.5) is 13.2 Å². The van der Waals surface area contributed by atoms with Gasteiger partial charge in [0.1, 0.15) is 0 Å². The fraction of sp³-hybridized carbons (Fsp3) is 0.231. The topological polar surface area (TPSA) is 44.1 Å². The van der Waals surface area contributed by atoms with Gasteiger partial charge in [-0.2, -0.15) is 18.3 Å². The molecule has 0 fully saturated rings. The first-order valence-corrected chi connectivity index (χ1v) is 6.11. The summed E-state index contributed by atoms with van der Waals surface area (Å²) < 4.78 is 45.2. The zero-order valence-corrected chi connectivity index (χ0v) is 11.8. The van der Waals surface area contributed by atoms with Gasteiger partial charge in [-0.3, -0.25) is 4.68 Å². The fourth-order valence-electron chi connectivity index (χ4n) is 1.84. The summed E-state index contributed by atoms with van der Waals surface area (Å²) in [5.41, 5.74) is -1.24. The van der Waals surface area contributed by atoms with Gasteiger partial charge in [-0.25, -0.2) is 4.79 Å². The van der Waals surface area contributed by atoms with E-state index in [2.05, 4.69) is 9.84 Å². The monoisotopic (exact) mass is 318 g/mol. The quantitative estimate of drug-likeness (QED) is 0.795. The maximum atomic E-state index is 13.1. The zero-order chi connectivity index (χ0) is 15.8. The lowest BCUT2D eigenvalue weighted by Crippen LogP contribution is -2.11. The molecule has 0 atom stereocenters. The summed E-state index contributed by atoms with van der Waals surface area (Å²) in [6.07, 6.45) is -3.12. The van der Waals surface area contributed by atoms with Crippen molar-refractivity contribution in [1.82, 2.24) is 9.78 Å². The number of alkyl halides is 3. The molecule has 0 amide bonds. The Morgan fingerprint density at radius 1 is 1.38 bits per heavy atom. The summed E-state index contributed by atoms with van der Waals surface area (Å²) in [5.74, 6) is -0.814. The van der Waals surface area contributed by atoms with Crippen LogP contribution < -0.4 is 0 Å². The first-order valence-electron chi connectivity index (χ1n) is 5.73. The van der Waals surface area contributed by atoms with E-state index in [1.807, 2.05) is 0 Å². The van der Waals surface area contributed by atoms with Crippen molar-refractivity contribution in [3.05, 3.63) is 40.5 Å². The standard InChI is InChI=1S/C13H10ClF3N2O2/c1-19-4-3-11(18-19)7-5-8(12(20)21-2)10(14)6-9(7)13(15,16)17/h3-6H,1-2H3. The summed E-state index contributed by atoms with van der Waals surface area (Å²) in [4.78, 5) is 11.6. The Bertz CT molecular complexity index is 695. The molecule has 0 saturated carbocycles. The van der Waals surface area contributed by atoms with Gasteiger partial charge in [0.15, 0.2) is 0 Å². The number of ether oxygens (including phenoxy) is 1. The normalized spacial score (nSPS) is 11.5. The van der Waals surface area contributed by atoms with E-state index in [1.165, 1.54) is 16.9 Å². The highest BCUT2D eigenvalue weighted by atomic mass is 35.5. The number of benzene rings is 1. The van der Waals surface area contributed by atoms with Crippen LogP contribution in [-0.4, -0.2) is 22.9 Å². The molecule has 4 nitrogen and oxygen atoms in total. The maximum absolute atomic E-state index is 13.1. The van der Waals surface area contributed by atoms with E-state index in [-0.39, 0.29) is 21.8 Å². The van der Waals surface area contributed by atoms with Gasteiger partial charge in [0.05, 0.1) is 29.0 Å². The van der Waals surface area contributed by atoms with Crippen molar-refractivity contribution in [3.63, 3.8) is 0 Å². The van der Waals surface area contributed by atoms with E-state index >= 15 is 0 Å². The predicted molar refractivity (Wildman–Crippen MR) is 70.0 cm³/mol. The van der Waals surface area contributed by atoms with Crippen molar-refractivity contribution < 1.29 is 22.7 Å². The molecule has 0 aliphatic carbocycles. The Morgan fingerprint density at radius 2 is 2.05 bits per heavy atom. The minimum absolute atomic E-state index is 0.0895. The van der Waals surface area contributed by atoms with Crippen LogP contribution >= 0.6 is 11.6 Å². The van der Waals surface area contributed by atoms with Crippen LogP contribution in [0.1, 0.15) is 15.9 Å². The van der Waals surface area contributed by atoms with Gasteiger partial charge >= 0.3 is 12.1 Å². The Morgan fingerprint density at radius 3 is 2.52 bits per heavy atom. The molecule has 1 heterocycles. The van der Waals surface area contributed by atoms with Crippen molar-refractivity contribution in [3.8, 4) is 11.3 Å². The molecule has 0 aliphatic heterocycles. The molecule has 8 heteroatoms. The number of rotatable bonds is 2. The minimum atomic E-state index is -4.62. The largest absolute Gasteiger partial charge is 0.465 e. The highest BCUT2D eigenvalue weighted by molar-refractivity contribution is 6.33. The van der Waals surface area contributed by atoms with E-state index in [4.69, 9.17) is 11.6 Å². The van der Waals surface area contributed by atoms with Crippen molar-refractivity contribution in [2.75, 3.05) is 7.11 Å². The molecule has 2 rings (SSSR count). The van der Waals surface area contributed by atoms with E-state index in [0.29, 0.717) is 6.07 Å². The number of methoxy groups -OCH3 is 1. The van der Waals surface area contributed by atoms with E-state index in [9.17, 15) is 18.0 Å². The molecular formula is C13H10ClF3N2O2. The molecule has 1 aromatic heterocycles. The van der Waals surface area contributed by atoms with Crippen LogP contribution in [0.25, 0.3) is 11.3 Å². The van der Waals surface area contributed by atoms with Crippen molar-refractivity contribution in [2.24, 2.45) is 7.05 Å². The van der Waals surface area contributed by atoms with Gasteiger partial charge in [-0.15, -0.1) is 0 Å².